The molecular formula is C25H17ClN2O2. The summed E-state index contributed by atoms with van der Waals surface area (Å²) < 4.78 is 0. The Morgan fingerprint density at radius 3 is 1.57 bits per heavy atom. The molecule has 0 spiro atoms. The molecule has 2 amide bonds. The van der Waals surface area contributed by atoms with Gasteiger partial charge >= 0.3 is 0 Å². The third-order valence-electron chi connectivity index (χ3n) is 6.62. The lowest BCUT2D eigenvalue weighted by molar-refractivity contribution is -0.139. The molecule has 0 unspecified atom stereocenters. The fourth-order valence-corrected chi connectivity index (χ4v) is 5.57. The molecule has 0 saturated carbocycles. The molecule has 146 valence electrons. The van der Waals surface area contributed by atoms with Crippen molar-refractivity contribution in [3.63, 3.8) is 0 Å². The number of hydrogen-bond acceptors (Lipinski definition) is 3. The van der Waals surface area contributed by atoms with Crippen molar-refractivity contribution in [3.8, 4) is 0 Å². The van der Waals surface area contributed by atoms with Crippen molar-refractivity contribution in [2.75, 3.05) is 0 Å². The Balaban J connectivity index is 1.45. The van der Waals surface area contributed by atoms with E-state index >= 15 is 0 Å². The second kappa shape index (κ2) is 6.38. The van der Waals surface area contributed by atoms with E-state index in [4.69, 9.17) is 11.6 Å². The van der Waals surface area contributed by atoms with Gasteiger partial charge in [-0.2, -0.15) is 10.1 Å². The van der Waals surface area contributed by atoms with Crippen molar-refractivity contribution in [1.82, 2.24) is 5.01 Å². The second-order valence-corrected chi connectivity index (χ2v) is 8.49. The Hall–Kier alpha value is -3.24. The van der Waals surface area contributed by atoms with E-state index in [0.717, 1.165) is 32.8 Å². The minimum Gasteiger partial charge on any atom is -0.272 e. The number of hydrazone groups is 1. The maximum absolute atomic E-state index is 13.4. The van der Waals surface area contributed by atoms with Gasteiger partial charge in [0.1, 0.15) is 0 Å². The first-order valence-electron chi connectivity index (χ1n) is 10.00. The predicted molar refractivity (Wildman–Crippen MR) is 114 cm³/mol. The number of imide groups is 1. The van der Waals surface area contributed by atoms with E-state index in [2.05, 4.69) is 29.4 Å². The summed E-state index contributed by atoms with van der Waals surface area (Å²) in [5.41, 5.74) is 5.42. The second-order valence-electron chi connectivity index (χ2n) is 8.05. The average molecular weight is 413 g/mol. The highest BCUT2D eigenvalue weighted by Gasteiger charge is 2.61. The molecule has 1 heterocycles. The monoisotopic (exact) mass is 412 g/mol. The zero-order chi connectivity index (χ0) is 20.4. The maximum atomic E-state index is 13.4. The van der Waals surface area contributed by atoms with E-state index in [9.17, 15) is 9.59 Å². The molecule has 2 atom stereocenters. The van der Waals surface area contributed by atoms with E-state index in [1.54, 1.807) is 30.5 Å². The fraction of sp³-hybridized carbons (Fsp3) is 0.160. The third kappa shape index (κ3) is 2.31. The zero-order valence-corrected chi connectivity index (χ0v) is 16.7. The van der Waals surface area contributed by atoms with Crippen LogP contribution in [0.4, 0.5) is 0 Å². The fourth-order valence-electron chi connectivity index (χ4n) is 5.45. The number of benzene rings is 3. The highest BCUT2D eigenvalue weighted by Crippen LogP contribution is 2.60. The number of nitrogens with zero attached hydrogens (tertiary/aromatic N) is 2. The van der Waals surface area contributed by atoms with Crippen LogP contribution in [-0.4, -0.2) is 23.0 Å². The summed E-state index contributed by atoms with van der Waals surface area (Å²) in [7, 11) is 0. The SMILES string of the molecule is O=C1[C@@H]2C3c4ccccc4C(c4ccccc43)[C@@H]2C(=O)N1/N=C\c1ccc(Cl)cc1. The summed E-state index contributed by atoms with van der Waals surface area (Å²) in [4.78, 5) is 26.8. The van der Waals surface area contributed by atoms with Gasteiger partial charge in [-0.3, -0.25) is 9.59 Å². The molecule has 4 aliphatic rings. The number of rotatable bonds is 2. The van der Waals surface area contributed by atoms with Gasteiger partial charge < -0.3 is 0 Å². The van der Waals surface area contributed by atoms with Crippen LogP contribution < -0.4 is 0 Å². The smallest absolute Gasteiger partial charge is 0.254 e. The molecule has 30 heavy (non-hydrogen) atoms. The van der Waals surface area contributed by atoms with E-state index in [1.807, 2.05) is 24.3 Å². The Labute approximate surface area is 178 Å². The Morgan fingerprint density at radius 1 is 0.700 bits per heavy atom. The Morgan fingerprint density at radius 2 is 1.13 bits per heavy atom. The van der Waals surface area contributed by atoms with Gasteiger partial charge in [-0.15, -0.1) is 0 Å². The van der Waals surface area contributed by atoms with Crippen LogP contribution in [0.2, 0.25) is 5.02 Å². The molecule has 1 saturated heterocycles. The average Bonchev–Trinajstić information content (AvgIpc) is 3.04. The predicted octanol–water partition coefficient (Wildman–Crippen LogP) is 4.57. The van der Waals surface area contributed by atoms with Gasteiger partial charge in [-0.25, -0.2) is 0 Å². The summed E-state index contributed by atoms with van der Waals surface area (Å²) >= 11 is 5.93. The molecule has 5 heteroatoms. The molecule has 1 aliphatic heterocycles. The topological polar surface area (TPSA) is 49.7 Å². The number of carbonyl (C=O) groups excluding carboxylic acids is 2. The third-order valence-corrected chi connectivity index (χ3v) is 6.87. The normalized spacial score (nSPS) is 26.1. The first-order valence-corrected chi connectivity index (χ1v) is 10.4. The van der Waals surface area contributed by atoms with Crippen LogP contribution in [0.1, 0.15) is 39.7 Å². The van der Waals surface area contributed by atoms with Crippen LogP contribution in [0.3, 0.4) is 0 Å². The Kier molecular flexibility index (Phi) is 3.74. The molecule has 2 bridgehead atoms. The van der Waals surface area contributed by atoms with Gasteiger partial charge in [-0.1, -0.05) is 72.3 Å². The van der Waals surface area contributed by atoms with Crippen molar-refractivity contribution in [1.29, 1.82) is 0 Å². The standard InChI is InChI=1S/C25H17ClN2O2/c26-15-11-9-14(10-12-15)13-27-28-24(29)22-20-16-5-1-2-6-17(16)21(23(22)25(28)30)19-8-4-3-7-18(19)20/h1-13,20-23H/b27-13-/t20?,21?,22-,23+. The summed E-state index contributed by atoms with van der Waals surface area (Å²) in [6.45, 7) is 0. The largest absolute Gasteiger partial charge is 0.272 e. The minimum atomic E-state index is -0.408. The lowest BCUT2D eigenvalue weighted by Gasteiger charge is -2.45. The van der Waals surface area contributed by atoms with E-state index in [1.165, 1.54) is 0 Å². The molecule has 3 aromatic carbocycles. The molecule has 3 aliphatic carbocycles. The summed E-state index contributed by atoms with van der Waals surface area (Å²) in [5, 5.41) is 6.01. The van der Waals surface area contributed by atoms with Gasteiger partial charge in [0.25, 0.3) is 11.8 Å². The minimum absolute atomic E-state index is 0.111. The van der Waals surface area contributed by atoms with Crippen molar-refractivity contribution in [3.05, 3.63) is 106 Å². The number of hydrogen-bond donors (Lipinski definition) is 0. The van der Waals surface area contributed by atoms with Gasteiger partial charge in [0.15, 0.2) is 0 Å². The molecule has 1 fully saturated rings. The highest BCUT2D eigenvalue weighted by molar-refractivity contribution is 6.30. The summed E-state index contributed by atoms with van der Waals surface area (Å²) in [6, 6.07) is 23.5. The molecule has 4 nitrogen and oxygen atoms in total. The molecular weight excluding hydrogens is 396 g/mol. The van der Waals surface area contributed by atoms with Crippen LogP contribution >= 0.6 is 11.6 Å². The van der Waals surface area contributed by atoms with Gasteiger partial charge in [0, 0.05) is 16.9 Å². The van der Waals surface area contributed by atoms with Crippen molar-refractivity contribution < 1.29 is 9.59 Å². The first-order chi connectivity index (χ1) is 14.6. The molecule has 0 aromatic heterocycles. The maximum Gasteiger partial charge on any atom is 0.254 e. The van der Waals surface area contributed by atoms with Crippen LogP contribution in [0.5, 0.6) is 0 Å². The van der Waals surface area contributed by atoms with Crippen LogP contribution in [-0.2, 0) is 9.59 Å². The molecule has 7 rings (SSSR count). The van der Waals surface area contributed by atoms with Crippen LogP contribution in [0.25, 0.3) is 0 Å². The van der Waals surface area contributed by atoms with Gasteiger partial charge in [-0.05, 0) is 39.9 Å². The quantitative estimate of drug-likeness (QED) is 0.457. The van der Waals surface area contributed by atoms with Crippen molar-refractivity contribution in [2.45, 2.75) is 11.8 Å². The molecule has 0 N–H and O–H groups in total. The Bertz CT molecular complexity index is 1120. The van der Waals surface area contributed by atoms with Crippen molar-refractivity contribution >= 4 is 29.6 Å². The zero-order valence-electron chi connectivity index (χ0n) is 15.9. The number of amides is 2. The van der Waals surface area contributed by atoms with Crippen molar-refractivity contribution in [2.24, 2.45) is 16.9 Å². The summed E-state index contributed by atoms with van der Waals surface area (Å²) in [6.07, 6.45) is 1.55. The van der Waals surface area contributed by atoms with E-state index < -0.39 is 11.8 Å². The van der Waals surface area contributed by atoms with Gasteiger partial charge in [0.2, 0.25) is 0 Å². The first kappa shape index (κ1) is 17.6. The van der Waals surface area contributed by atoms with E-state index in [-0.39, 0.29) is 23.7 Å². The lowest BCUT2D eigenvalue weighted by atomic mass is 9.55. The van der Waals surface area contributed by atoms with Crippen LogP contribution in [0, 0.1) is 11.8 Å². The molecule has 0 radical (unpaired) electrons. The number of carbonyl (C=O) groups is 2. The van der Waals surface area contributed by atoms with Gasteiger partial charge in [0.05, 0.1) is 18.1 Å². The summed E-state index contributed by atoms with van der Waals surface area (Å²) in [5.74, 6) is -1.47. The lowest BCUT2D eigenvalue weighted by Crippen LogP contribution is -2.41. The van der Waals surface area contributed by atoms with E-state index in [0.29, 0.717) is 5.02 Å². The van der Waals surface area contributed by atoms with Crippen LogP contribution in [0.15, 0.2) is 77.9 Å². The molecule has 3 aromatic rings. The highest BCUT2D eigenvalue weighted by atomic mass is 35.5. The number of halogens is 1.